The summed E-state index contributed by atoms with van der Waals surface area (Å²) in [6.07, 6.45) is 0. The second-order valence-corrected chi connectivity index (χ2v) is 9.13. The quantitative estimate of drug-likeness (QED) is 0.236. The van der Waals surface area contributed by atoms with Gasteiger partial charge in [-0.1, -0.05) is 103 Å². The van der Waals surface area contributed by atoms with Crippen molar-refractivity contribution >= 4 is 39.2 Å². The maximum atomic E-state index is 2.34. The van der Waals surface area contributed by atoms with Crippen molar-refractivity contribution in [3.05, 3.63) is 152 Å². The van der Waals surface area contributed by atoms with Crippen molar-refractivity contribution in [3.63, 3.8) is 0 Å². The molecule has 0 N–H and O–H groups in total. The fourth-order valence-corrected chi connectivity index (χ4v) is 5.00. The van der Waals surface area contributed by atoms with Crippen LogP contribution in [0.2, 0.25) is 0 Å². The maximum absolute atomic E-state index is 2.34. The molecule has 37 heavy (non-hydrogen) atoms. The van der Waals surface area contributed by atoms with E-state index in [0.29, 0.717) is 0 Å². The Bertz CT molecular complexity index is 1590. The number of anilines is 5. The number of fused-ring (bicyclic) bond motifs is 1. The molecule has 0 fully saturated rings. The van der Waals surface area contributed by atoms with Gasteiger partial charge in [0, 0.05) is 40.6 Å². The van der Waals surface area contributed by atoms with E-state index in [9.17, 15) is 0 Å². The van der Waals surface area contributed by atoms with Gasteiger partial charge in [0.05, 0.1) is 5.69 Å². The first kappa shape index (κ1) is 22.6. The zero-order chi connectivity index (χ0) is 25.0. The van der Waals surface area contributed by atoms with Crippen LogP contribution in [0.1, 0.15) is 0 Å². The predicted molar refractivity (Wildman–Crippen MR) is 159 cm³/mol. The number of para-hydroxylation sites is 2. The molecular weight excluding hydrogens is 448 g/mol. The molecule has 0 radical (unpaired) electrons. The monoisotopic (exact) mass is 476 g/mol. The van der Waals surface area contributed by atoms with E-state index < -0.39 is 0 Å². The molecule has 6 aromatic rings. The number of rotatable bonds is 6. The van der Waals surface area contributed by atoms with Crippen molar-refractivity contribution in [1.29, 1.82) is 0 Å². The van der Waals surface area contributed by atoms with Gasteiger partial charge in [-0.3, -0.25) is 0 Å². The molecule has 0 aliphatic rings. The van der Waals surface area contributed by atoms with Gasteiger partial charge in [-0.25, -0.2) is 0 Å². The molecule has 0 saturated carbocycles. The summed E-state index contributed by atoms with van der Waals surface area (Å²) >= 11 is 0. The van der Waals surface area contributed by atoms with Crippen LogP contribution in [0.4, 0.5) is 28.4 Å². The Labute approximate surface area is 218 Å². The van der Waals surface area contributed by atoms with Crippen molar-refractivity contribution < 1.29 is 0 Å². The molecule has 2 heteroatoms. The smallest absolute Gasteiger partial charge is 0.0541 e. The van der Waals surface area contributed by atoms with Crippen LogP contribution in [0.15, 0.2) is 152 Å². The van der Waals surface area contributed by atoms with E-state index >= 15 is 0 Å². The van der Waals surface area contributed by atoms with Crippen molar-refractivity contribution in [3.8, 4) is 11.1 Å². The molecule has 0 aliphatic carbocycles. The first-order valence-electron chi connectivity index (χ1n) is 12.6. The molecule has 0 bridgehead atoms. The molecular formula is C35H28N2. The molecule has 0 aliphatic heterocycles. The van der Waals surface area contributed by atoms with Gasteiger partial charge in [-0.05, 0) is 59.7 Å². The Kier molecular flexibility index (Phi) is 6.14. The summed E-state index contributed by atoms with van der Waals surface area (Å²) in [6.45, 7) is 0. The van der Waals surface area contributed by atoms with Crippen molar-refractivity contribution in [1.82, 2.24) is 0 Å². The fourth-order valence-electron chi connectivity index (χ4n) is 5.00. The minimum absolute atomic E-state index is 1.13. The third-order valence-electron chi connectivity index (χ3n) is 6.85. The lowest BCUT2D eigenvalue weighted by atomic mass is 10.0. The van der Waals surface area contributed by atoms with Gasteiger partial charge in [-0.2, -0.15) is 0 Å². The third-order valence-corrected chi connectivity index (χ3v) is 6.85. The van der Waals surface area contributed by atoms with Crippen LogP contribution >= 0.6 is 0 Å². The van der Waals surface area contributed by atoms with Crippen LogP contribution < -0.4 is 9.80 Å². The Morgan fingerprint density at radius 1 is 0.378 bits per heavy atom. The molecule has 0 atom stereocenters. The fraction of sp³-hybridized carbons (Fsp3) is 0.0286. The van der Waals surface area contributed by atoms with Crippen molar-refractivity contribution in [2.75, 3.05) is 16.8 Å². The van der Waals surface area contributed by atoms with E-state index in [1.165, 1.54) is 27.6 Å². The molecule has 2 nitrogen and oxygen atoms in total. The molecule has 6 rings (SSSR count). The summed E-state index contributed by atoms with van der Waals surface area (Å²) < 4.78 is 0. The molecule has 0 aromatic heterocycles. The van der Waals surface area contributed by atoms with Gasteiger partial charge in [0.15, 0.2) is 0 Å². The zero-order valence-electron chi connectivity index (χ0n) is 20.8. The summed E-state index contributed by atoms with van der Waals surface area (Å²) in [6, 6.07) is 53.6. The largest absolute Gasteiger partial charge is 0.344 e. The van der Waals surface area contributed by atoms with E-state index in [-0.39, 0.29) is 0 Å². The molecule has 0 spiro atoms. The summed E-state index contributed by atoms with van der Waals surface area (Å²) in [4.78, 5) is 4.62. The molecule has 0 saturated heterocycles. The third kappa shape index (κ3) is 4.46. The average Bonchev–Trinajstić information content (AvgIpc) is 2.99. The van der Waals surface area contributed by atoms with E-state index in [1.807, 2.05) is 0 Å². The Balaban J connectivity index is 1.48. The Hall–Kier alpha value is -4.82. The minimum Gasteiger partial charge on any atom is -0.344 e. The van der Waals surface area contributed by atoms with Gasteiger partial charge < -0.3 is 9.80 Å². The first-order chi connectivity index (χ1) is 18.3. The van der Waals surface area contributed by atoms with E-state index in [4.69, 9.17) is 0 Å². The number of benzene rings is 6. The number of hydrogen-bond acceptors (Lipinski definition) is 2. The van der Waals surface area contributed by atoms with E-state index in [2.05, 4.69) is 169 Å². The zero-order valence-corrected chi connectivity index (χ0v) is 20.8. The Morgan fingerprint density at radius 2 is 0.838 bits per heavy atom. The molecule has 0 heterocycles. The Morgan fingerprint density at radius 3 is 1.46 bits per heavy atom. The first-order valence-corrected chi connectivity index (χ1v) is 12.6. The van der Waals surface area contributed by atoms with Gasteiger partial charge >= 0.3 is 0 Å². The summed E-state index contributed by atoms with van der Waals surface area (Å²) in [7, 11) is 2.15. The van der Waals surface area contributed by atoms with Crippen molar-refractivity contribution in [2.45, 2.75) is 0 Å². The van der Waals surface area contributed by atoms with Crippen LogP contribution in [-0.4, -0.2) is 7.05 Å². The topological polar surface area (TPSA) is 6.48 Å². The predicted octanol–water partition coefficient (Wildman–Crippen LogP) is 9.74. The van der Waals surface area contributed by atoms with Crippen LogP contribution in [-0.2, 0) is 0 Å². The lowest BCUT2D eigenvalue weighted by Crippen LogP contribution is -2.13. The average molecular weight is 477 g/mol. The highest BCUT2D eigenvalue weighted by Gasteiger charge is 2.18. The van der Waals surface area contributed by atoms with Crippen LogP contribution in [0.3, 0.4) is 0 Å². The standard InChI is InChI=1S/C35H28N2/c1-36(31-21-13-16-28(26-31)27-14-5-2-6-15-27)34-24-25-35(33-23-12-11-22-32(33)34)37(29-17-7-3-8-18-29)30-19-9-4-10-20-30/h2-26H,1H3. The lowest BCUT2D eigenvalue weighted by Gasteiger charge is -2.29. The summed E-state index contributed by atoms with van der Waals surface area (Å²) in [5, 5.41) is 2.42. The van der Waals surface area contributed by atoms with Crippen LogP contribution in [0.5, 0.6) is 0 Å². The SMILES string of the molecule is CN(c1cccc(-c2ccccc2)c1)c1ccc(N(c2ccccc2)c2ccccc2)c2ccccc12. The molecule has 0 unspecified atom stereocenters. The van der Waals surface area contributed by atoms with Crippen LogP contribution in [0.25, 0.3) is 21.9 Å². The van der Waals surface area contributed by atoms with E-state index in [0.717, 1.165) is 22.7 Å². The van der Waals surface area contributed by atoms with Crippen LogP contribution in [0, 0.1) is 0 Å². The summed E-state index contributed by atoms with van der Waals surface area (Å²) in [5.41, 5.74) is 8.19. The second-order valence-electron chi connectivity index (χ2n) is 9.13. The highest BCUT2D eigenvalue weighted by molar-refractivity contribution is 6.06. The molecule has 6 aromatic carbocycles. The molecule has 178 valence electrons. The van der Waals surface area contributed by atoms with Gasteiger partial charge in [0.1, 0.15) is 0 Å². The number of hydrogen-bond donors (Lipinski definition) is 0. The van der Waals surface area contributed by atoms with Gasteiger partial charge in [-0.15, -0.1) is 0 Å². The summed E-state index contributed by atoms with van der Waals surface area (Å²) in [5.74, 6) is 0. The molecule has 0 amide bonds. The maximum Gasteiger partial charge on any atom is 0.0541 e. The van der Waals surface area contributed by atoms with Gasteiger partial charge in [0.2, 0.25) is 0 Å². The highest BCUT2D eigenvalue weighted by Crippen LogP contribution is 2.42. The normalized spacial score (nSPS) is 10.8. The lowest BCUT2D eigenvalue weighted by molar-refractivity contribution is 1.22. The number of nitrogens with zero attached hydrogens (tertiary/aromatic N) is 2. The minimum atomic E-state index is 1.13. The van der Waals surface area contributed by atoms with E-state index in [1.54, 1.807) is 0 Å². The second kappa shape index (κ2) is 10.0. The highest BCUT2D eigenvalue weighted by atomic mass is 15.1. The van der Waals surface area contributed by atoms with Gasteiger partial charge in [0.25, 0.3) is 0 Å². The van der Waals surface area contributed by atoms with Crippen molar-refractivity contribution in [2.24, 2.45) is 0 Å².